The molecule has 0 bridgehead atoms. The van der Waals surface area contributed by atoms with Crippen LogP contribution in [-0.4, -0.2) is 24.4 Å². The molecule has 0 saturated carbocycles. The van der Waals surface area contributed by atoms with Gasteiger partial charge in [0.05, 0.1) is 12.0 Å². The van der Waals surface area contributed by atoms with Gasteiger partial charge in [0.2, 0.25) is 5.82 Å². The van der Waals surface area contributed by atoms with E-state index < -0.39 is 9.85 Å². The van der Waals surface area contributed by atoms with Crippen LogP contribution < -0.4 is 4.74 Å². The van der Waals surface area contributed by atoms with Crippen LogP contribution in [0.4, 0.5) is 11.5 Å². The average Bonchev–Trinajstić information content (AvgIpc) is 2.78. The molecule has 0 atom stereocenters. The summed E-state index contributed by atoms with van der Waals surface area (Å²) < 4.78 is 6.43. The number of hydrogen-bond acceptors (Lipinski definition) is 7. The minimum Gasteiger partial charge on any atom is -0.462 e. The molecule has 0 N–H and O–H groups in total. The van der Waals surface area contributed by atoms with Crippen molar-refractivity contribution in [1.82, 2.24) is 14.5 Å². The first-order valence-corrected chi connectivity index (χ1v) is 5.38. The predicted molar refractivity (Wildman–Crippen MR) is 65.1 cm³/mol. The van der Waals surface area contributed by atoms with Crippen molar-refractivity contribution in [2.75, 3.05) is 0 Å². The zero-order valence-electron chi connectivity index (χ0n) is 10.3. The molecule has 0 aliphatic heterocycles. The fraction of sp³-hybridized carbons (Fsp3) is 0.200. The van der Waals surface area contributed by atoms with Gasteiger partial charge in [-0.25, -0.2) is 14.5 Å². The molecule has 0 aliphatic carbocycles. The molecule has 20 heavy (non-hydrogen) atoms. The zero-order valence-corrected chi connectivity index (χ0v) is 10.3. The molecule has 0 unspecified atom stereocenters. The van der Waals surface area contributed by atoms with E-state index in [1.54, 1.807) is 0 Å². The molecule has 2 aromatic heterocycles. The molecule has 10 heteroatoms. The smallest absolute Gasteiger partial charge is 0.342 e. The van der Waals surface area contributed by atoms with E-state index >= 15 is 0 Å². The predicted octanol–water partition coefficient (Wildman–Crippen LogP) is 1.21. The van der Waals surface area contributed by atoms with Gasteiger partial charge in [-0.05, 0) is 11.0 Å². The van der Waals surface area contributed by atoms with Crippen LogP contribution in [0.15, 0.2) is 24.5 Å². The van der Waals surface area contributed by atoms with E-state index in [4.69, 9.17) is 4.74 Å². The van der Waals surface area contributed by atoms with E-state index in [9.17, 15) is 20.2 Å². The highest BCUT2D eigenvalue weighted by Gasteiger charge is 2.20. The highest BCUT2D eigenvalue weighted by atomic mass is 16.6. The normalized spacial score (nSPS) is 10.2. The number of aromatic nitrogens is 3. The lowest BCUT2D eigenvalue weighted by Crippen LogP contribution is -2.07. The maximum absolute atomic E-state index is 10.8. The number of hydrogen-bond donors (Lipinski definition) is 0. The van der Waals surface area contributed by atoms with Gasteiger partial charge in [-0.3, -0.25) is 10.1 Å². The summed E-state index contributed by atoms with van der Waals surface area (Å²) in [5.74, 6) is -0.0982. The molecule has 10 nitrogen and oxygen atoms in total. The Morgan fingerprint density at radius 3 is 2.65 bits per heavy atom. The maximum Gasteiger partial charge on any atom is 0.342 e. The van der Waals surface area contributed by atoms with Crippen molar-refractivity contribution in [2.24, 2.45) is 7.05 Å². The topological polar surface area (TPSA) is 126 Å². The Hall–Kier alpha value is -3.04. The van der Waals surface area contributed by atoms with Crippen molar-refractivity contribution < 1.29 is 14.6 Å². The minimum atomic E-state index is -0.622. The van der Waals surface area contributed by atoms with Gasteiger partial charge in [0.15, 0.2) is 6.61 Å². The molecule has 0 amide bonds. The van der Waals surface area contributed by atoms with Crippen LogP contribution in [0.3, 0.4) is 0 Å². The second-order valence-electron chi connectivity index (χ2n) is 3.72. The first kappa shape index (κ1) is 13.4. The summed E-state index contributed by atoms with van der Waals surface area (Å²) in [5.41, 5.74) is -0.281. The Morgan fingerprint density at radius 2 is 2.05 bits per heavy atom. The monoisotopic (exact) mass is 279 g/mol. The van der Waals surface area contributed by atoms with E-state index in [0.717, 1.165) is 6.20 Å². The standard InChI is InChI=1S/C10H9N5O5/c1-13-8(12-5-9(13)15(18)19)6-20-10-7(14(16)17)3-2-4-11-10/h2-5H,6H2,1H3. The SMILES string of the molecule is Cn1c([N+](=O)[O-])cnc1COc1ncccc1[N+](=O)[O-]. The molecule has 2 rings (SSSR count). The molecule has 0 aromatic carbocycles. The minimum absolute atomic E-state index is 0.164. The van der Waals surface area contributed by atoms with Gasteiger partial charge in [-0.1, -0.05) is 0 Å². The fourth-order valence-corrected chi connectivity index (χ4v) is 1.51. The zero-order chi connectivity index (χ0) is 14.7. The van der Waals surface area contributed by atoms with Crippen molar-refractivity contribution >= 4 is 11.5 Å². The third-order valence-electron chi connectivity index (χ3n) is 2.53. The maximum atomic E-state index is 10.8. The van der Waals surface area contributed by atoms with Crippen molar-refractivity contribution in [3.05, 3.63) is 50.6 Å². The van der Waals surface area contributed by atoms with E-state index in [1.807, 2.05) is 0 Å². The van der Waals surface area contributed by atoms with Gasteiger partial charge in [-0.2, -0.15) is 0 Å². The molecule has 104 valence electrons. The quantitative estimate of drug-likeness (QED) is 0.594. The van der Waals surface area contributed by atoms with Crippen LogP contribution in [0.1, 0.15) is 5.82 Å². The van der Waals surface area contributed by atoms with Crippen molar-refractivity contribution in [2.45, 2.75) is 6.61 Å². The molecule has 2 heterocycles. The third kappa shape index (κ3) is 2.53. The lowest BCUT2D eigenvalue weighted by molar-refractivity contribution is -0.391. The highest BCUT2D eigenvalue weighted by molar-refractivity contribution is 5.39. The summed E-state index contributed by atoms with van der Waals surface area (Å²) in [6, 6.07) is 2.67. The first-order valence-electron chi connectivity index (χ1n) is 5.38. The summed E-state index contributed by atoms with van der Waals surface area (Å²) in [4.78, 5) is 27.8. The summed E-state index contributed by atoms with van der Waals surface area (Å²) in [5, 5.41) is 21.4. The van der Waals surface area contributed by atoms with Gasteiger partial charge in [0.25, 0.3) is 5.88 Å². The Balaban J connectivity index is 2.17. The lowest BCUT2D eigenvalue weighted by atomic mass is 10.4. The van der Waals surface area contributed by atoms with Crippen LogP contribution in [0.2, 0.25) is 0 Å². The van der Waals surface area contributed by atoms with Gasteiger partial charge < -0.3 is 14.9 Å². The van der Waals surface area contributed by atoms with Crippen LogP contribution in [-0.2, 0) is 13.7 Å². The summed E-state index contributed by atoms with van der Waals surface area (Å²) in [6.45, 7) is -0.164. The number of nitro groups is 2. The van der Waals surface area contributed by atoms with Gasteiger partial charge >= 0.3 is 11.5 Å². The van der Waals surface area contributed by atoms with E-state index in [2.05, 4.69) is 9.97 Å². The largest absolute Gasteiger partial charge is 0.462 e. The third-order valence-corrected chi connectivity index (χ3v) is 2.53. The second-order valence-corrected chi connectivity index (χ2v) is 3.72. The molecule has 0 aliphatic rings. The molecule has 0 saturated heterocycles. The summed E-state index contributed by atoms with van der Waals surface area (Å²) >= 11 is 0. The molecule has 2 aromatic rings. The van der Waals surface area contributed by atoms with Crippen LogP contribution in [0.5, 0.6) is 5.88 Å². The van der Waals surface area contributed by atoms with E-state index in [-0.39, 0.29) is 29.8 Å². The molecule has 0 spiro atoms. The molecule has 0 fully saturated rings. The van der Waals surface area contributed by atoms with Crippen molar-refractivity contribution in [3.63, 3.8) is 0 Å². The lowest BCUT2D eigenvalue weighted by Gasteiger charge is -2.03. The Labute approximate surface area is 111 Å². The van der Waals surface area contributed by atoms with Crippen LogP contribution in [0.25, 0.3) is 0 Å². The fourth-order valence-electron chi connectivity index (χ4n) is 1.51. The highest BCUT2D eigenvalue weighted by Crippen LogP contribution is 2.24. The Kier molecular flexibility index (Phi) is 3.55. The van der Waals surface area contributed by atoms with Crippen LogP contribution >= 0.6 is 0 Å². The first-order chi connectivity index (χ1) is 9.50. The Bertz CT molecular complexity index is 668. The molecular weight excluding hydrogens is 270 g/mol. The molecule has 0 radical (unpaired) electrons. The number of nitrogens with zero attached hydrogens (tertiary/aromatic N) is 5. The second kappa shape index (κ2) is 5.30. The summed E-state index contributed by atoms with van der Waals surface area (Å²) in [7, 11) is 1.46. The van der Waals surface area contributed by atoms with Gasteiger partial charge in [-0.15, -0.1) is 0 Å². The van der Waals surface area contributed by atoms with Gasteiger partial charge in [0, 0.05) is 12.3 Å². The number of imidazole rings is 1. The number of ether oxygens (including phenoxy) is 1. The summed E-state index contributed by atoms with van der Waals surface area (Å²) in [6.07, 6.45) is 2.44. The van der Waals surface area contributed by atoms with E-state index in [1.165, 1.54) is 29.9 Å². The number of pyridine rings is 1. The number of rotatable bonds is 5. The van der Waals surface area contributed by atoms with Gasteiger partial charge in [0.1, 0.15) is 6.20 Å². The van der Waals surface area contributed by atoms with Crippen LogP contribution in [0, 0.1) is 20.2 Å². The average molecular weight is 279 g/mol. The Morgan fingerprint density at radius 1 is 1.30 bits per heavy atom. The van der Waals surface area contributed by atoms with E-state index in [0.29, 0.717) is 0 Å². The van der Waals surface area contributed by atoms with Crippen molar-refractivity contribution in [3.8, 4) is 5.88 Å². The molecular formula is C10H9N5O5. The van der Waals surface area contributed by atoms with Crippen molar-refractivity contribution in [1.29, 1.82) is 0 Å².